The van der Waals surface area contributed by atoms with E-state index < -0.39 is 0 Å². The largest absolute Gasteiger partial charge is 0.488 e. The molecule has 0 bridgehead atoms. The van der Waals surface area contributed by atoms with Crippen LogP contribution in [0.25, 0.3) is 21.3 Å². The molecule has 1 N–H and O–H groups in total. The summed E-state index contributed by atoms with van der Waals surface area (Å²) in [5.74, 6) is 2.71. The number of benzene rings is 1. The molecule has 1 aromatic carbocycles. The van der Waals surface area contributed by atoms with Crippen molar-refractivity contribution in [1.82, 2.24) is 15.2 Å². The molecule has 0 radical (unpaired) electrons. The molecule has 2 unspecified atom stereocenters. The average Bonchev–Trinajstić information content (AvgIpc) is 3.18. The fraction of sp³-hybridized carbons (Fsp3) is 0.536. The van der Waals surface area contributed by atoms with Gasteiger partial charge in [-0.05, 0) is 80.3 Å². The number of hydrogen-bond acceptors (Lipinski definition) is 5. The molecular formula is C28H34ClN3OS. The Morgan fingerprint density at radius 2 is 2.00 bits per heavy atom. The van der Waals surface area contributed by atoms with Gasteiger partial charge in [0.05, 0.1) is 10.2 Å². The van der Waals surface area contributed by atoms with Crippen LogP contribution >= 0.6 is 22.9 Å². The van der Waals surface area contributed by atoms with E-state index in [9.17, 15) is 0 Å². The van der Waals surface area contributed by atoms with Crippen molar-refractivity contribution >= 4 is 33.2 Å². The number of nitrogens with one attached hydrogen (secondary N) is 1. The SMILES string of the molecule is Cc1cc(Cl)cc(-c2ccnc3cc(CN4CC5C(C4)C5(C)C)sc23)c1O[C@H]1CCCN[C@H]1C. The van der Waals surface area contributed by atoms with Gasteiger partial charge in [0, 0.05) is 52.9 Å². The van der Waals surface area contributed by atoms with Gasteiger partial charge in [-0.25, -0.2) is 0 Å². The molecule has 6 rings (SSSR count). The molecule has 0 spiro atoms. The number of halogens is 1. The fourth-order valence-electron chi connectivity index (χ4n) is 6.25. The van der Waals surface area contributed by atoms with E-state index in [2.05, 4.69) is 56.1 Å². The minimum absolute atomic E-state index is 0.162. The average molecular weight is 496 g/mol. The predicted octanol–water partition coefficient (Wildman–Crippen LogP) is 6.53. The zero-order chi connectivity index (χ0) is 23.6. The Kier molecular flexibility index (Phi) is 5.68. The van der Waals surface area contributed by atoms with Gasteiger partial charge in [0.15, 0.2) is 0 Å². The number of fused-ring (bicyclic) bond motifs is 2. The van der Waals surface area contributed by atoms with Gasteiger partial charge >= 0.3 is 0 Å². The first kappa shape index (κ1) is 22.8. The molecule has 3 aromatic rings. The van der Waals surface area contributed by atoms with Gasteiger partial charge < -0.3 is 10.1 Å². The van der Waals surface area contributed by atoms with Gasteiger partial charge in [-0.3, -0.25) is 9.88 Å². The quantitative estimate of drug-likeness (QED) is 0.436. The number of aryl methyl sites for hydroxylation is 1. The Morgan fingerprint density at radius 1 is 1.21 bits per heavy atom. The summed E-state index contributed by atoms with van der Waals surface area (Å²) in [6.07, 6.45) is 4.29. The third kappa shape index (κ3) is 3.95. The molecule has 6 heteroatoms. The van der Waals surface area contributed by atoms with E-state index in [-0.39, 0.29) is 6.10 Å². The van der Waals surface area contributed by atoms with E-state index in [4.69, 9.17) is 21.3 Å². The minimum Gasteiger partial charge on any atom is -0.488 e. The lowest BCUT2D eigenvalue weighted by Gasteiger charge is -2.31. The summed E-state index contributed by atoms with van der Waals surface area (Å²) < 4.78 is 7.92. The van der Waals surface area contributed by atoms with Gasteiger partial charge in [-0.1, -0.05) is 25.4 Å². The van der Waals surface area contributed by atoms with Crippen LogP contribution in [0.15, 0.2) is 30.5 Å². The first-order valence-corrected chi connectivity index (χ1v) is 13.8. The molecule has 34 heavy (non-hydrogen) atoms. The van der Waals surface area contributed by atoms with Gasteiger partial charge in [0.25, 0.3) is 0 Å². The van der Waals surface area contributed by atoms with Crippen molar-refractivity contribution in [3.05, 3.63) is 45.9 Å². The zero-order valence-electron chi connectivity index (χ0n) is 20.5. The van der Waals surface area contributed by atoms with E-state index in [1.54, 1.807) is 0 Å². The highest BCUT2D eigenvalue weighted by atomic mass is 35.5. The summed E-state index contributed by atoms with van der Waals surface area (Å²) in [5.41, 5.74) is 4.95. The standard InChI is InChI=1S/C28H34ClN3OS/c1-16-10-18(29)11-21(26(16)33-25-6-5-8-30-17(25)2)20-7-9-31-24-12-19(34-27(20)24)13-32-14-22-23(15-32)28(22,3)4/h7,9-12,17,22-23,25,30H,5-6,8,13-15H2,1-4H3/t17-,22?,23?,25-/m0/s1. The van der Waals surface area contributed by atoms with Gasteiger partial charge in [0.1, 0.15) is 11.9 Å². The van der Waals surface area contributed by atoms with Crippen LogP contribution in [0.3, 0.4) is 0 Å². The maximum atomic E-state index is 6.69. The molecule has 2 saturated heterocycles. The van der Waals surface area contributed by atoms with Crippen LogP contribution in [0.4, 0.5) is 0 Å². The molecular weight excluding hydrogens is 462 g/mol. The third-order valence-corrected chi connectivity index (χ3v) is 9.89. The maximum absolute atomic E-state index is 6.69. The normalized spacial score (nSPS) is 28.3. The molecule has 180 valence electrons. The molecule has 0 amide bonds. The molecule has 4 nitrogen and oxygen atoms in total. The summed E-state index contributed by atoms with van der Waals surface area (Å²) in [6, 6.07) is 8.81. The summed E-state index contributed by atoms with van der Waals surface area (Å²) in [5, 5.41) is 4.30. The van der Waals surface area contributed by atoms with Crippen molar-refractivity contribution in [1.29, 1.82) is 0 Å². The zero-order valence-corrected chi connectivity index (χ0v) is 22.1. The third-order valence-electron chi connectivity index (χ3n) is 8.53. The number of rotatable bonds is 5. The number of thiophene rings is 1. The highest BCUT2D eigenvalue weighted by Gasteiger charge is 2.61. The number of piperidine rings is 2. The first-order chi connectivity index (χ1) is 16.3. The summed E-state index contributed by atoms with van der Waals surface area (Å²) in [6.45, 7) is 13.7. The molecule has 4 atom stereocenters. The Labute approximate surface area is 211 Å². The minimum atomic E-state index is 0.162. The Balaban J connectivity index is 1.33. The monoisotopic (exact) mass is 495 g/mol. The van der Waals surface area contributed by atoms with Crippen molar-refractivity contribution in [2.45, 2.75) is 59.2 Å². The first-order valence-electron chi connectivity index (χ1n) is 12.6. The Morgan fingerprint density at radius 3 is 2.76 bits per heavy atom. The molecule has 3 aliphatic rings. The summed E-state index contributed by atoms with van der Waals surface area (Å²) in [4.78, 5) is 8.73. The lowest BCUT2D eigenvalue weighted by atomic mass is 10.00. The van der Waals surface area contributed by atoms with Gasteiger partial charge in [-0.15, -0.1) is 11.3 Å². The highest BCUT2D eigenvalue weighted by Crippen LogP contribution is 2.62. The lowest BCUT2D eigenvalue weighted by molar-refractivity contribution is 0.127. The molecule has 4 heterocycles. The highest BCUT2D eigenvalue weighted by molar-refractivity contribution is 7.19. The van der Waals surface area contributed by atoms with Gasteiger partial charge in [0.2, 0.25) is 0 Å². The number of hydrogen-bond donors (Lipinski definition) is 1. The van der Waals surface area contributed by atoms with Crippen LogP contribution in [-0.2, 0) is 6.54 Å². The van der Waals surface area contributed by atoms with E-state index >= 15 is 0 Å². The molecule has 1 aliphatic carbocycles. The molecule has 2 aromatic heterocycles. The molecule has 2 aliphatic heterocycles. The second-order valence-electron chi connectivity index (χ2n) is 11.2. The van der Waals surface area contributed by atoms with E-state index in [0.29, 0.717) is 11.5 Å². The van der Waals surface area contributed by atoms with Crippen LogP contribution in [0.2, 0.25) is 5.02 Å². The predicted molar refractivity (Wildman–Crippen MR) is 142 cm³/mol. The molecule has 1 saturated carbocycles. The lowest BCUT2D eigenvalue weighted by Crippen LogP contribution is -2.45. The van der Waals surface area contributed by atoms with Crippen LogP contribution < -0.4 is 10.1 Å². The fourth-order valence-corrected chi connectivity index (χ4v) is 7.71. The number of likely N-dealkylation sites (tertiary alicyclic amines) is 1. The van der Waals surface area contributed by atoms with Crippen molar-refractivity contribution in [2.75, 3.05) is 19.6 Å². The van der Waals surface area contributed by atoms with Crippen LogP contribution in [0.5, 0.6) is 5.75 Å². The van der Waals surface area contributed by atoms with Crippen LogP contribution in [-0.4, -0.2) is 41.7 Å². The second-order valence-corrected chi connectivity index (χ2v) is 12.7. The Hall–Kier alpha value is -1.66. The van der Waals surface area contributed by atoms with Gasteiger partial charge in [-0.2, -0.15) is 0 Å². The van der Waals surface area contributed by atoms with Crippen LogP contribution in [0, 0.1) is 24.2 Å². The maximum Gasteiger partial charge on any atom is 0.130 e. The summed E-state index contributed by atoms with van der Waals surface area (Å²) >= 11 is 8.44. The van der Waals surface area contributed by atoms with Crippen molar-refractivity contribution < 1.29 is 4.74 Å². The van der Waals surface area contributed by atoms with Crippen molar-refractivity contribution in [3.63, 3.8) is 0 Å². The molecule has 3 fully saturated rings. The second kappa shape index (κ2) is 8.48. The number of nitrogens with zero attached hydrogens (tertiary/aromatic N) is 2. The smallest absolute Gasteiger partial charge is 0.130 e. The number of aromatic nitrogens is 1. The van der Waals surface area contributed by atoms with Crippen LogP contribution in [0.1, 0.15) is 44.1 Å². The van der Waals surface area contributed by atoms with E-state index in [0.717, 1.165) is 65.2 Å². The van der Waals surface area contributed by atoms with Crippen molar-refractivity contribution in [2.24, 2.45) is 17.3 Å². The van der Waals surface area contributed by atoms with E-state index in [1.165, 1.54) is 28.2 Å². The topological polar surface area (TPSA) is 37.4 Å². The van der Waals surface area contributed by atoms with Crippen molar-refractivity contribution in [3.8, 4) is 16.9 Å². The number of ether oxygens (including phenoxy) is 1. The number of pyridine rings is 1. The summed E-state index contributed by atoms with van der Waals surface area (Å²) in [7, 11) is 0. The Bertz CT molecular complexity index is 1220. The van der Waals surface area contributed by atoms with E-state index in [1.807, 2.05) is 23.6 Å².